The molecule has 31 heavy (non-hydrogen) atoms. The predicted molar refractivity (Wildman–Crippen MR) is 121 cm³/mol. The minimum Gasteiger partial charge on any atom is -0.456 e. The number of carbonyl (C=O) groups excluding carboxylic acids is 2. The van der Waals surface area contributed by atoms with Crippen molar-refractivity contribution in [3.63, 3.8) is 0 Å². The fraction of sp³-hybridized carbons (Fsp3) is 0.261. The maximum absolute atomic E-state index is 13.6. The topological polar surface area (TPSA) is 80.3 Å². The van der Waals surface area contributed by atoms with Crippen molar-refractivity contribution in [1.29, 1.82) is 0 Å². The molecular weight excluding hydrogens is 417 g/mol. The molecule has 1 aromatic carbocycles. The van der Waals surface area contributed by atoms with Gasteiger partial charge in [0.1, 0.15) is 22.0 Å². The van der Waals surface area contributed by atoms with Gasteiger partial charge >= 0.3 is 12.0 Å². The fourth-order valence-corrected chi connectivity index (χ4v) is 4.16. The van der Waals surface area contributed by atoms with E-state index in [-0.39, 0.29) is 11.4 Å². The van der Waals surface area contributed by atoms with Gasteiger partial charge in [-0.25, -0.2) is 14.0 Å². The SMILES string of the molecule is CCNC(=O)Nc1sc(-c2ccncc2)c(-c2ccc(F)cc2)c1C(=O)OC(C)(C)C. The number of carbonyl (C=O) groups is 2. The van der Waals surface area contributed by atoms with E-state index in [0.29, 0.717) is 22.7 Å². The van der Waals surface area contributed by atoms with Gasteiger partial charge < -0.3 is 10.1 Å². The molecule has 0 aliphatic rings. The van der Waals surface area contributed by atoms with E-state index in [1.165, 1.54) is 23.5 Å². The summed E-state index contributed by atoms with van der Waals surface area (Å²) < 4.78 is 19.3. The lowest BCUT2D eigenvalue weighted by Crippen LogP contribution is -2.29. The average molecular weight is 442 g/mol. The summed E-state index contributed by atoms with van der Waals surface area (Å²) in [5.41, 5.74) is 1.50. The zero-order chi connectivity index (χ0) is 22.6. The van der Waals surface area contributed by atoms with Crippen molar-refractivity contribution >= 4 is 28.3 Å². The molecule has 0 saturated heterocycles. The molecule has 0 radical (unpaired) electrons. The van der Waals surface area contributed by atoms with E-state index in [9.17, 15) is 14.0 Å². The highest BCUT2D eigenvalue weighted by Gasteiger charge is 2.30. The molecule has 0 spiro atoms. The summed E-state index contributed by atoms with van der Waals surface area (Å²) in [6.45, 7) is 7.55. The van der Waals surface area contributed by atoms with Crippen LogP contribution in [0.25, 0.3) is 21.6 Å². The Hall–Kier alpha value is -3.26. The van der Waals surface area contributed by atoms with Crippen LogP contribution in [0.5, 0.6) is 0 Å². The van der Waals surface area contributed by atoms with Crippen LogP contribution in [0.15, 0.2) is 48.8 Å². The van der Waals surface area contributed by atoms with Crippen molar-refractivity contribution in [2.24, 2.45) is 0 Å². The number of rotatable bonds is 5. The summed E-state index contributed by atoms with van der Waals surface area (Å²) in [7, 11) is 0. The number of amides is 2. The molecule has 2 heterocycles. The van der Waals surface area contributed by atoms with Crippen molar-refractivity contribution in [3.8, 4) is 21.6 Å². The highest BCUT2D eigenvalue weighted by atomic mass is 32.1. The number of nitrogens with zero attached hydrogens (tertiary/aromatic N) is 1. The molecule has 2 amide bonds. The van der Waals surface area contributed by atoms with E-state index in [4.69, 9.17) is 4.74 Å². The standard InChI is InChI=1S/C23H24FN3O3S/c1-5-26-22(29)27-20-18(21(28)30-23(2,3)4)17(14-6-8-16(24)9-7-14)19(31-20)15-10-12-25-13-11-15/h6-13H,5H2,1-4H3,(H2,26,27,29). The van der Waals surface area contributed by atoms with Crippen molar-refractivity contribution in [2.45, 2.75) is 33.3 Å². The molecule has 6 nitrogen and oxygen atoms in total. The number of pyridine rings is 1. The van der Waals surface area contributed by atoms with Crippen molar-refractivity contribution in [3.05, 3.63) is 60.2 Å². The average Bonchev–Trinajstić information content (AvgIpc) is 3.07. The number of anilines is 1. The highest BCUT2D eigenvalue weighted by Crippen LogP contribution is 2.46. The number of hydrogen-bond donors (Lipinski definition) is 2. The first-order chi connectivity index (χ1) is 14.7. The fourth-order valence-electron chi connectivity index (χ4n) is 2.95. The second-order valence-corrected chi connectivity index (χ2v) is 8.76. The minimum absolute atomic E-state index is 0.226. The Bertz CT molecular complexity index is 1070. The predicted octanol–water partition coefficient (Wildman–Crippen LogP) is 5.71. The number of halogens is 1. The first kappa shape index (κ1) is 22.4. The van der Waals surface area contributed by atoms with Crippen molar-refractivity contribution in [2.75, 3.05) is 11.9 Å². The number of thiophene rings is 1. The first-order valence-electron chi connectivity index (χ1n) is 9.81. The molecule has 3 aromatic rings. The summed E-state index contributed by atoms with van der Waals surface area (Å²) in [5.74, 6) is -0.959. The van der Waals surface area contributed by atoms with Gasteiger partial charge in [-0.1, -0.05) is 12.1 Å². The summed E-state index contributed by atoms with van der Waals surface area (Å²) in [6.07, 6.45) is 3.29. The van der Waals surface area contributed by atoms with E-state index in [1.807, 2.05) is 12.1 Å². The van der Waals surface area contributed by atoms with Gasteiger partial charge in [0.05, 0.1) is 0 Å². The van der Waals surface area contributed by atoms with Gasteiger partial charge in [0.2, 0.25) is 0 Å². The molecule has 0 atom stereocenters. The largest absolute Gasteiger partial charge is 0.456 e. The van der Waals surface area contributed by atoms with Crippen LogP contribution in [0.1, 0.15) is 38.1 Å². The van der Waals surface area contributed by atoms with Gasteiger partial charge in [-0.2, -0.15) is 0 Å². The lowest BCUT2D eigenvalue weighted by molar-refractivity contribution is 0.00722. The Labute approximate surface area is 184 Å². The van der Waals surface area contributed by atoms with Crippen LogP contribution in [0.2, 0.25) is 0 Å². The zero-order valence-corrected chi connectivity index (χ0v) is 18.6. The maximum atomic E-state index is 13.6. The molecule has 2 N–H and O–H groups in total. The number of ether oxygens (including phenoxy) is 1. The molecule has 3 rings (SSSR count). The number of urea groups is 1. The summed E-state index contributed by atoms with van der Waals surface area (Å²) in [6, 6.07) is 9.07. The molecule has 0 unspecified atom stereocenters. The monoisotopic (exact) mass is 441 g/mol. The molecule has 0 bridgehead atoms. The molecule has 2 aromatic heterocycles. The van der Waals surface area contributed by atoms with Gasteiger partial charge in [-0.05, 0) is 63.1 Å². The smallest absolute Gasteiger partial charge is 0.342 e. The lowest BCUT2D eigenvalue weighted by atomic mass is 9.98. The molecule has 0 aliphatic carbocycles. The third-order valence-electron chi connectivity index (χ3n) is 4.15. The van der Waals surface area contributed by atoms with Crippen LogP contribution < -0.4 is 10.6 Å². The molecule has 0 aliphatic heterocycles. The summed E-state index contributed by atoms with van der Waals surface area (Å²) in [4.78, 5) is 30.3. The van der Waals surface area contributed by atoms with Crippen LogP contribution in [0.3, 0.4) is 0 Å². The van der Waals surface area contributed by atoms with Crippen molar-refractivity contribution in [1.82, 2.24) is 10.3 Å². The minimum atomic E-state index is -0.737. The van der Waals surface area contributed by atoms with Crippen LogP contribution in [0.4, 0.5) is 14.2 Å². The van der Waals surface area contributed by atoms with Gasteiger partial charge in [-0.3, -0.25) is 10.3 Å². The van der Waals surface area contributed by atoms with E-state index in [2.05, 4.69) is 15.6 Å². The Balaban J connectivity index is 2.26. The van der Waals surface area contributed by atoms with E-state index >= 15 is 0 Å². The van der Waals surface area contributed by atoms with E-state index < -0.39 is 17.6 Å². The Morgan fingerprint density at radius 2 is 1.71 bits per heavy atom. The Morgan fingerprint density at radius 3 is 2.29 bits per heavy atom. The van der Waals surface area contributed by atoms with Crippen LogP contribution in [-0.2, 0) is 4.74 Å². The normalized spacial score (nSPS) is 11.1. The second-order valence-electron chi connectivity index (χ2n) is 7.74. The molecule has 0 saturated carbocycles. The van der Waals surface area contributed by atoms with Crippen LogP contribution in [0, 0.1) is 5.82 Å². The third-order valence-corrected chi connectivity index (χ3v) is 5.31. The number of benzene rings is 1. The number of nitrogens with one attached hydrogen (secondary N) is 2. The number of aromatic nitrogens is 1. The third kappa shape index (κ3) is 5.46. The van der Waals surface area contributed by atoms with E-state index in [1.54, 1.807) is 52.2 Å². The maximum Gasteiger partial charge on any atom is 0.342 e. The molecule has 162 valence electrons. The lowest BCUT2D eigenvalue weighted by Gasteiger charge is -2.20. The van der Waals surface area contributed by atoms with Gasteiger partial charge in [-0.15, -0.1) is 11.3 Å². The zero-order valence-electron chi connectivity index (χ0n) is 17.8. The van der Waals surface area contributed by atoms with Gasteiger partial charge in [0.25, 0.3) is 0 Å². The molecule has 8 heteroatoms. The number of esters is 1. The Kier molecular flexibility index (Phi) is 6.70. The highest BCUT2D eigenvalue weighted by molar-refractivity contribution is 7.20. The quantitative estimate of drug-likeness (QED) is 0.497. The van der Waals surface area contributed by atoms with Crippen LogP contribution >= 0.6 is 11.3 Å². The first-order valence-corrected chi connectivity index (χ1v) is 10.6. The van der Waals surface area contributed by atoms with Crippen molar-refractivity contribution < 1.29 is 18.7 Å². The molecular formula is C23H24FN3O3S. The van der Waals surface area contributed by atoms with Gasteiger partial charge in [0.15, 0.2) is 0 Å². The Morgan fingerprint density at radius 1 is 1.06 bits per heavy atom. The van der Waals surface area contributed by atoms with Crippen LogP contribution in [-0.4, -0.2) is 29.1 Å². The second kappa shape index (κ2) is 9.26. The number of hydrogen-bond acceptors (Lipinski definition) is 5. The van der Waals surface area contributed by atoms with Gasteiger partial charge in [0, 0.05) is 29.4 Å². The van der Waals surface area contributed by atoms with E-state index in [0.717, 1.165) is 10.4 Å². The molecule has 0 fully saturated rings. The summed E-state index contributed by atoms with van der Waals surface area (Å²) in [5, 5.41) is 5.79. The summed E-state index contributed by atoms with van der Waals surface area (Å²) >= 11 is 1.25.